The Balaban J connectivity index is 1.55. The molecule has 0 saturated heterocycles. The number of benzene rings is 2. The summed E-state index contributed by atoms with van der Waals surface area (Å²) >= 11 is 2.78. The summed E-state index contributed by atoms with van der Waals surface area (Å²) in [5, 5.41) is 15.2. The lowest BCUT2D eigenvalue weighted by Gasteiger charge is -2.22. The van der Waals surface area contributed by atoms with Crippen LogP contribution in [-0.2, 0) is 10.2 Å². The minimum Gasteiger partial charge on any atom is -0.497 e. The van der Waals surface area contributed by atoms with Gasteiger partial charge in [-0.15, -0.1) is 10.2 Å². The molecular formula is C21H24N4O2S2. The molecule has 29 heavy (non-hydrogen) atoms. The van der Waals surface area contributed by atoms with Gasteiger partial charge in [0, 0.05) is 11.4 Å². The number of amides is 1. The van der Waals surface area contributed by atoms with Crippen molar-refractivity contribution in [2.24, 2.45) is 0 Å². The number of para-hydroxylation sites is 1. The Bertz CT molecular complexity index is 965. The van der Waals surface area contributed by atoms with Crippen LogP contribution in [0.5, 0.6) is 5.75 Å². The van der Waals surface area contributed by atoms with E-state index in [0.29, 0.717) is 5.13 Å². The Morgan fingerprint density at radius 2 is 1.83 bits per heavy atom. The van der Waals surface area contributed by atoms with Gasteiger partial charge in [-0.2, -0.15) is 0 Å². The van der Waals surface area contributed by atoms with Crippen LogP contribution in [0.1, 0.15) is 26.3 Å². The van der Waals surface area contributed by atoms with Gasteiger partial charge in [0.2, 0.25) is 11.0 Å². The number of rotatable bonds is 7. The van der Waals surface area contributed by atoms with Gasteiger partial charge >= 0.3 is 0 Å². The van der Waals surface area contributed by atoms with Crippen molar-refractivity contribution in [3.8, 4) is 5.75 Å². The van der Waals surface area contributed by atoms with Crippen molar-refractivity contribution >= 4 is 45.5 Å². The van der Waals surface area contributed by atoms with Crippen LogP contribution in [0.3, 0.4) is 0 Å². The van der Waals surface area contributed by atoms with Gasteiger partial charge in [-0.3, -0.25) is 4.79 Å². The maximum Gasteiger partial charge on any atom is 0.234 e. The number of nitrogens with zero attached hydrogens (tertiary/aromatic N) is 2. The molecule has 1 heterocycles. The average Bonchev–Trinajstić information content (AvgIpc) is 3.14. The van der Waals surface area contributed by atoms with Gasteiger partial charge < -0.3 is 15.4 Å². The molecule has 3 rings (SSSR count). The number of aromatic nitrogens is 2. The van der Waals surface area contributed by atoms with Crippen molar-refractivity contribution in [3.63, 3.8) is 0 Å². The van der Waals surface area contributed by atoms with E-state index in [9.17, 15) is 4.79 Å². The van der Waals surface area contributed by atoms with Crippen LogP contribution < -0.4 is 15.4 Å². The van der Waals surface area contributed by atoms with E-state index in [-0.39, 0.29) is 17.1 Å². The van der Waals surface area contributed by atoms with Crippen molar-refractivity contribution < 1.29 is 9.53 Å². The van der Waals surface area contributed by atoms with Gasteiger partial charge in [-0.05, 0) is 41.3 Å². The number of hydrogen-bond acceptors (Lipinski definition) is 7. The fraction of sp³-hybridized carbons (Fsp3) is 0.286. The fourth-order valence-electron chi connectivity index (χ4n) is 2.68. The monoisotopic (exact) mass is 428 g/mol. The molecule has 6 nitrogen and oxygen atoms in total. The van der Waals surface area contributed by atoms with E-state index < -0.39 is 0 Å². The molecule has 0 saturated carbocycles. The van der Waals surface area contributed by atoms with Gasteiger partial charge in [0.25, 0.3) is 0 Å². The first-order chi connectivity index (χ1) is 13.8. The molecule has 0 atom stereocenters. The molecule has 0 aliphatic rings. The molecule has 0 aliphatic carbocycles. The summed E-state index contributed by atoms with van der Waals surface area (Å²) in [4.78, 5) is 12.4. The molecule has 0 aliphatic heterocycles. The molecule has 0 bridgehead atoms. The third kappa shape index (κ3) is 5.95. The minimum absolute atomic E-state index is 0.0434. The van der Waals surface area contributed by atoms with Crippen molar-refractivity contribution in [2.45, 2.75) is 30.5 Å². The van der Waals surface area contributed by atoms with E-state index in [2.05, 4.69) is 41.6 Å². The highest BCUT2D eigenvalue weighted by atomic mass is 32.2. The largest absolute Gasteiger partial charge is 0.497 e. The standard InChI is InChI=1S/C21H24N4O2S2/c1-21(2,3)16-7-5-6-8-17(16)23-18(26)13-28-20-25-24-19(29-20)22-14-9-11-15(27-4)12-10-14/h5-12H,13H2,1-4H3,(H,22,24)(H,23,26). The summed E-state index contributed by atoms with van der Waals surface area (Å²) in [7, 11) is 1.63. The molecular weight excluding hydrogens is 404 g/mol. The summed E-state index contributed by atoms with van der Waals surface area (Å²) in [6.07, 6.45) is 0. The number of anilines is 3. The number of ether oxygens (including phenoxy) is 1. The lowest BCUT2D eigenvalue weighted by atomic mass is 9.86. The third-order valence-electron chi connectivity index (χ3n) is 4.08. The van der Waals surface area contributed by atoms with Crippen LogP contribution in [0.2, 0.25) is 0 Å². The van der Waals surface area contributed by atoms with Crippen LogP contribution in [0, 0.1) is 0 Å². The summed E-state index contributed by atoms with van der Waals surface area (Å²) in [5.41, 5.74) is 2.82. The summed E-state index contributed by atoms with van der Waals surface area (Å²) in [5.74, 6) is 1.00. The van der Waals surface area contributed by atoms with Crippen LogP contribution >= 0.6 is 23.1 Å². The quantitative estimate of drug-likeness (QED) is 0.496. The molecule has 2 N–H and O–H groups in total. The van der Waals surface area contributed by atoms with Crippen LogP contribution in [0.25, 0.3) is 0 Å². The fourth-order valence-corrected chi connectivity index (χ4v) is 4.25. The highest BCUT2D eigenvalue weighted by Gasteiger charge is 2.18. The molecule has 0 unspecified atom stereocenters. The van der Waals surface area contributed by atoms with E-state index in [1.165, 1.54) is 23.1 Å². The summed E-state index contributed by atoms with van der Waals surface area (Å²) < 4.78 is 5.89. The van der Waals surface area contributed by atoms with Crippen molar-refractivity contribution in [3.05, 3.63) is 54.1 Å². The lowest BCUT2D eigenvalue weighted by molar-refractivity contribution is -0.113. The summed E-state index contributed by atoms with van der Waals surface area (Å²) in [6.45, 7) is 6.39. The van der Waals surface area contributed by atoms with Crippen LogP contribution in [-0.4, -0.2) is 29.0 Å². The topological polar surface area (TPSA) is 76.1 Å². The molecule has 0 radical (unpaired) electrons. The van der Waals surface area contributed by atoms with E-state index >= 15 is 0 Å². The second kappa shape index (κ2) is 9.28. The Labute approximate surface area is 179 Å². The Hall–Kier alpha value is -2.58. The maximum atomic E-state index is 12.4. The van der Waals surface area contributed by atoms with Gasteiger partial charge in [0.05, 0.1) is 12.9 Å². The van der Waals surface area contributed by atoms with Crippen molar-refractivity contribution in [1.29, 1.82) is 0 Å². The molecule has 1 aromatic heterocycles. The van der Waals surface area contributed by atoms with Crippen LogP contribution in [0.4, 0.5) is 16.5 Å². The smallest absolute Gasteiger partial charge is 0.234 e. The van der Waals surface area contributed by atoms with E-state index in [4.69, 9.17) is 4.74 Å². The zero-order chi connectivity index (χ0) is 20.9. The second-order valence-electron chi connectivity index (χ2n) is 7.36. The SMILES string of the molecule is COc1ccc(Nc2nnc(SCC(=O)Nc3ccccc3C(C)(C)C)s2)cc1. The number of thioether (sulfide) groups is 1. The zero-order valence-electron chi connectivity index (χ0n) is 16.9. The first-order valence-corrected chi connectivity index (χ1v) is 10.9. The first kappa shape index (κ1) is 21.1. The van der Waals surface area contributed by atoms with Gasteiger partial charge in [0.15, 0.2) is 4.34 Å². The lowest BCUT2D eigenvalue weighted by Crippen LogP contribution is -2.19. The minimum atomic E-state index is -0.0634. The zero-order valence-corrected chi connectivity index (χ0v) is 18.5. The third-order valence-corrected chi connectivity index (χ3v) is 6.06. The van der Waals surface area contributed by atoms with Gasteiger partial charge in [-0.25, -0.2) is 0 Å². The van der Waals surface area contributed by atoms with Crippen molar-refractivity contribution in [1.82, 2.24) is 10.2 Å². The Morgan fingerprint density at radius 1 is 1.10 bits per heavy atom. The first-order valence-electron chi connectivity index (χ1n) is 9.12. The molecule has 8 heteroatoms. The van der Waals surface area contributed by atoms with Gasteiger partial charge in [0.1, 0.15) is 5.75 Å². The van der Waals surface area contributed by atoms with E-state index in [0.717, 1.165) is 27.0 Å². The number of nitrogens with one attached hydrogen (secondary N) is 2. The number of methoxy groups -OCH3 is 1. The molecule has 2 aromatic carbocycles. The Morgan fingerprint density at radius 3 is 2.52 bits per heavy atom. The molecule has 1 amide bonds. The van der Waals surface area contributed by atoms with Crippen molar-refractivity contribution in [2.75, 3.05) is 23.5 Å². The Kier molecular flexibility index (Phi) is 6.76. The second-order valence-corrected chi connectivity index (χ2v) is 9.56. The predicted octanol–water partition coefficient (Wildman–Crippen LogP) is 5.32. The van der Waals surface area contributed by atoms with E-state index in [1.807, 2.05) is 48.5 Å². The van der Waals surface area contributed by atoms with E-state index in [1.54, 1.807) is 7.11 Å². The number of hydrogen-bond donors (Lipinski definition) is 2. The maximum absolute atomic E-state index is 12.4. The highest BCUT2D eigenvalue weighted by molar-refractivity contribution is 8.01. The average molecular weight is 429 g/mol. The van der Waals surface area contributed by atoms with Gasteiger partial charge in [-0.1, -0.05) is 62.1 Å². The summed E-state index contributed by atoms with van der Waals surface area (Å²) in [6, 6.07) is 15.5. The normalized spacial score (nSPS) is 11.2. The molecule has 0 spiro atoms. The molecule has 3 aromatic rings. The highest BCUT2D eigenvalue weighted by Crippen LogP contribution is 2.31. The number of carbonyl (C=O) groups is 1. The van der Waals surface area contributed by atoms with Crippen LogP contribution in [0.15, 0.2) is 52.9 Å². The predicted molar refractivity (Wildman–Crippen MR) is 121 cm³/mol. The molecule has 0 fully saturated rings. The number of carbonyl (C=O) groups excluding carboxylic acids is 1. The molecule has 152 valence electrons.